The molecule has 0 aliphatic heterocycles. The second-order valence-corrected chi connectivity index (χ2v) is 13.3. The summed E-state index contributed by atoms with van der Waals surface area (Å²) in [6.45, 7) is 0. The number of aromatic nitrogens is 3. The van der Waals surface area contributed by atoms with Gasteiger partial charge in [-0.1, -0.05) is 145 Å². The van der Waals surface area contributed by atoms with Gasteiger partial charge in [-0.05, 0) is 88.8 Å². The number of fused-ring (bicyclic) bond motifs is 9. The maximum atomic E-state index is 10.4. The van der Waals surface area contributed by atoms with Gasteiger partial charge in [-0.2, -0.15) is 0 Å². The summed E-state index contributed by atoms with van der Waals surface area (Å²) in [7, 11) is 0. The molecule has 0 atom stereocenters. The van der Waals surface area contributed by atoms with Crippen LogP contribution in [0.25, 0.3) is 105 Å². The van der Waals surface area contributed by atoms with E-state index in [9.17, 15) is 16.4 Å². The zero-order valence-corrected chi connectivity index (χ0v) is 29.3. The maximum Gasteiger partial charge on any atom is 0.0782 e. The van der Waals surface area contributed by atoms with Crippen LogP contribution in [0.15, 0.2) is 212 Å². The van der Waals surface area contributed by atoms with E-state index < -0.39 is 188 Å². The van der Waals surface area contributed by atoms with Crippen LogP contribution >= 0.6 is 0 Å². The van der Waals surface area contributed by atoms with Crippen LogP contribution in [0, 0.1) is 0 Å². The lowest BCUT2D eigenvalue weighted by Gasteiger charge is -2.15. The summed E-state index contributed by atoms with van der Waals surface area (Å²) in [6.07, 6.45) is 0. The van der Waals surface area contributed by atoms with E-state index in [1.165, 1.54) is 4.57 Å². The van der Waals surface area contributed by atoms with Crippen LogP contribution in [-0.4, -0.2) is 13.7 Å². The Hall–Kier alpha value is -7.62. The number of para-hydroxylation sites is 5. The number of nitrogens with zero attached hydrogens (tertiary/aromatic N) is 3. The highest BCUT2D eigenvalue weighted by Crippen LogP contribution is 2.42. The highest BCUT2D eigenvalue weighted by atomic mass is 15.1. The summed E-state index contributed by atoms with van der Waals surface area (Å²) in [4.78, 5) is 0. The lowest BCUT2D eigenvalue weighted by molar-refractivity contribution is 1.13. The molecule has 0 unspecified atom stereocenters. The van der Waals surface area contributed by atoms with Crippen molar-refractivity contribution in [2.75, 3.05) is 0 Å². The molecule has 0 saturated carbocycles. The largest absolute Gasteiger partial charge is 0.309 e. The Bertz CT molecular complexity index is 4660. The fraction of sp³-hybridized carbons (Fsp3) is 0. The third kappa shape index (κ3) is 4.79. The second kappa shape index (κ2) is 12.5. The van der Waals surface area contributed by atoms with E-state index in [1.807, 2.05) is 66.7 Å². The van der Waals surface area contributed by atoms with Gasteiger partial charge in [0, 0.05) is 43.7 Å². The SMILES string of the molecule is [2H]c1c([2H])c([2H])c2c(c1[2H])c1c([2H])c(-n3c4c([2H])c([2H])c([2H])c([2H])c4c4c([2H])c([2H])c([2H])c(-n5c6c([2H])c([2H])c([2H])c([2H])c6c6c([2H])c([2H])c([2H])c([2H])c65)c43)c([2H])c([2H])c1n2-c1cc(-c2ccccc2)cc(-c2ccccc2)c1. The maximum absolute atomic E-state index is 10.4. The Morgan fingerprint density at radius 1 is 0.316 bits per heavy atom. The zero-order valence-electron chi connectivity index (χ0n) is 51.3. The topological polar surface area (TPSA) is 14.8 Å². The third-order valence-electron chi connectivity index (χ3n) is 10.2. The van der Waals surface area contributed by atoms with E-state index in [0.717, 1.165) is 20.3 Å². The van der Waals surface area contributed by atoms with Crippen LogP contribution in [0.2, 0.25) is 0 Å². The predicted molar refractivity (Wildman–Crippen MR) is 240 cm³/mol. The lowest BCUT2D eigenvalue weighted by atomic mass is 9.98. The van der Waals surface area contributed by atoms with Crippen LogP contribution in [0.1, 0.15) is 30.2 Å². The normalized spacial score (nSPS) is 17.3. The first-order valence-electron chi connectivity index (χ1n) is 28.8. The molecule has 0 aliphatic rings. The lowest BCUT2D eigenvalue weighted by Crippen LogP contribution is -2.01. The minimum atomic E-state index is -0.932. The first-order chi connectivity index (χ1) is 37.5. The molecule has 0 radical (unpaired) electrons. The monoisotopic (exact) mass is 747 g/mol. The number of hydrogen-bond donors (Lipinski definition) is 0. The molecule has 3 heterocycles. The van der Waals surface area contributed by atoms with Crippen molar-refractivity contribution in [2.24, 2.45) is 0 Å². The van der Waals surface area contributed by atoms with E-state index in [2.05, 4.69) is 0 Å². The smallest absolute Gasteiger partial charge is 0.0782 e. The summed E-state index contributed by atoms with van der Waals surface area (Å²) < 4.78 is 207. The minimum absolute atomic E-state index is 0.206. The highest BCUT2D eigenvalue weighted by Gasteiger charge is 2.21. The molecule has 12 rings (SSSR count). The first kappa shape index (κ1) is 17.0. The first-order valence-corrected chi connectivity index (χ1v) is 17.8. The molecular weight excluding hydrogens is 691 g/mol. The quantitative estimate of drug-likeness (QED) is 0.167. The van der Waals surface area contributed by atoms with Gasteiger partial charge in [0.1, 0.15) is 0 Å². The third-order valence-corrected chi connectivity index (χ3v) is 10.2. The van der Waals surface area contributed by atoms with Crippen LogP contribution in [0.5, 0.6) is 0 Å². The number of hydrogen-bond acceptors (Lipinski definition) is 0. The average Bonchev–Trinajstić information content (AvgIpc) is 4.09. The van der Waals surface area contributed by atoms with Gasteiger partial charge in [0.15, 0.2) is 0 Å². The van der Waals surface area contributed by atoms with Crippen LogP contribution in [0.3, 0.4) is 0 Å². The van der Waals surface area contributed by atoms with Gasteiger partial charge in [-0.25, -0.2) is 0 Å². The Morgan fingerprint density at radius 2 is 0.772 bits per heavy atom. The Labute approximate surface area is 360 Å². The Morgan fingerprint density at radius 3 is 1.35 bits per heavy atom. The molecule has 12 aromatic rings. The summed E-state index contributed by atoms with van der Waals surface area (Å²) in [6, 6.07) is 6.43. The molecule has 0 aliphatic carbocycles. The summed E-state index contributed by atoms with van der Waals surface area (Å²) >= 11 is 0. The molecule has 57 heavy (non-hydrogen) atoms. The second-order valence-electron chi connectivity index (χ2n) is 13.3. The fourth-order valence-electron chi connectivity index (χ4n) is 7.79. The van der Waals surface area contributed by atoms with Crippen molar-refractivity contribution in [2.45, 2.75) is 0 Å². The van der Waals surface area contributed by atoms with Crippen molar-refractivity contribution < 1.29 is 30.2 Å². The number of rotatable bonds is 5. The molecule has 3 nitrogen and oxygen atoms in total. The van der Waals surface area contributed by atoms with Crippen molar-refractivity contribution in [1.29, 1.82) is 0 Å². The van der Waals surface area contributed by atoms with Gasteiger partial charge in [0.25, 0.3) is 0 Å². The van der Waals surface area contributed by atoms with Gasteiger partial charge in [-0.15, -0.1) is 0 Å². The summed E-state index contributed by atoms with van der Waals surface area (Å²) in [5, 5.41) is -2.53. The summed E-state index contributed by atoms with van der Waals surface area (Å²) in [5.41, 5.74) is -1.04. The van der Waals surface area contributed by atoms with Gasteiger partial charge < -0.3 is 13.7 Å². The number of benzene rings is 9. The van der Waals surface area contributed by atoms with Crippen LogP contribution in [0.4, 0.5) is 0 Å². The highest BCUT2D eigenvalue weighted by molar-refractivity contribution is 6.16. The molecule has 0 saturated heterocycles. The van der Waals surface area contributed by atoms with Gasteiger partial charge in [-0.3, -0.25) is 0 Å². The molecular formula is C54H35N3. The van der Waals surface area contributed by atoms with E-state index in [4.69, 9.17) is 13.7 Å². The average molecular weight is 748 g/mol. The fourth-order valence-corrected chi connectivity index (χ4v) is 7.79. The van der Waals surface area contributed by atoms with Crippen molar-refractivity contribution in [3.8, 4) is 39.3 Å². The van der Waals surface area contributed by atoms with Crippen molar-refractivity contribution >= 4 is 65.4 Å². The minimum Gasteiger partial charge on any atom is -0.309 e. The van der Waals surface area contributed by atoms with Gasteiger partial charge in [0.2, 0.25) is 0 Å². The molecule has 0 N–H and O–H groups in total. The predicted octanol–water partition coefficient (Wildman–Crippen LogP) is 14.3. The molecule has 266 valence electrons. The van der Waals surface area contributed by atoms with Gasteiger partial charge in [0.05, 0.1) is 68.9 Å². The Balaban J connectivity index is 1.35. The van der Waals surface area contributed by atoms with Crippen molar-refractivity contribution in [3.63, 3.8) is 0 Å². The Kier molecular flexibility index (Phi) is 3.72. The molecule has 3 aromatic heterocycles. The molecule has 0 bridgehead atoms. The molecule has 3 heteroatoms. The standard InChI is InChI=1S/C54H35N3/c1-3-16-36(17-4-1)38-32-39(37-18-5-2-6-19-37)34-41(33-38)55-48-25-11-10-23-45(48)47-35-40(30-31-52(47)55)56-49-26-12-9-22-44(49)46-24-15-29-53(54(46)56)57-50-27-13-7-20-42(50)43-21-8-14-28-51(43)57/h1-35H/i7D,8D,9D,10D,11D,12D,13D,14D,15D,20D,21D,22D,23D,24D,25D,26D,27D,28D,29D,30D,31D,35D. The molecule has 0 fully saturated rings. The molecule has 0 amide bonds. The van der Waals surface area contributed by atoms with Crippen LogP contribution in [-0.2, 0) is 0 Å². The van der Waals surface area contributed by atoms with Crippen molar-refractivity contribution in [3.05, 3.63) is 212 Å². The molecule has 9 aromatic carbocycles. The molecule has 0 spiro atoms. The van der Waals surface area contributed by atoms with Crippen LogP contribution < -0.4 is 0 Å². The van der Waals surface area contributed by atoms with E-state index in [-0.39, 0.29) is 27.5 Å². The zero-order chi connectivity index (χ0) is 56.6. The summed E-state index contributed by atoms with van der Waals surface area (Å²) in [5.74, 6) is 0. The van der Waals surface area contributed by atoms with E-state index >= 15 is 0 Å². The van der Waals surface area contributed by atoms with E-state index in [0.29, 0.717) is 11.1 Å². The van der Waals surface area contributed by atoms with Crippen molar-refractivity contribution in [1.82, 2.24) is 13.7 Å². The van der Waals surface area contributed by atoms with E-state index in [1.54, 1.807) is 12.1 Å². The van der Waals surface area contributed by atoms with Gasteiger partial charge >= 0.3 is 0 Å².